The molecule has 0 radical (unpaired) electrons. The van der Waals surface area contributed by atoms with E-state index in [4.69, 9.17) is 0 Å². The Hall–Kier alpha value is -5.86. The molecule has 3 heteroatoms. The molecule has 2 nitrogen and oxygen atoms in total. The Kier molecular flexibility index (Phi) is 7.35. The molecule has 0 fully saturated rings. The van der Waals surface area contributed by atoms with Gasteiger partial charge in [0, 0.05) is 16.5 Å². The third-order valence-electron chi connectivity index (χ3n) is 9.48. The first kappa shape index (κ1) is 29.3. The van der Waals surface area contributed by atoms with Crippen LogP contribution in [0.2, 0.25) is 0 Å². The third kappa shape index (κ3) is 5.21. The Labute approximate surface area is 294 Å². The van der Waals surface area contributed by atoms with Crippen molar-refractivity contribution in [2.45, 2.75) is 0 Å². The Balaban J connectivity index is 1.22. The zero-order valence-corrected chi connectivity index (χ0v) is 28.6. The quantitative estimate of drug-likeness (QED) is 0.158. The van der Waals surface area contributed by atoms with Gasteiger partial charge in [0.15, 0.2) is 0 Å². The molecule has 9 aromatic rings. The maximum absolute atomic E-state index is 2.72. The van der Waals surface area contributed by atoms with Crippen LogP contribution in [0.4, 0.5) is 17.1 Å². The van der Waals surface area contributed by atoms with E-state index in [1.165, 1.54) is 59.3 Å². The normalized spacial score (nSPS) is 11.4. The van der Waals surface area contributed by atoms with Crippen molar-refractivity contribution >= 4 is 70.1 Å². The molecule has 9 rings (SSSR count). The van der Waals surface area contributed by atoms with Crippen LogP contribution in [-0.2, 0) is 0 Å². The van der Waals surface area contributed by atoms with Gasteiger partial charge in [0.25, 0.3) is 0 Å². The molecule has 0 aliphatic carbocycles. The molecular weight excluding hydrogens is 659 g/mol. The summed E-state index contributed by atoms with van der Waals surface area (Å²) >= 11 is 2.72. The topological polar surface area (TPSA) is 8.17 Å². The molecule has 0 amide bonds. The first-order valence-corrected chi connectivity index (χ1v) is 17.5. The van der Waals surface area contributed by atoms with Crippen molar-refractivity contribution in [3.05, 3.63) is 188 Å². The van der Waals surface area contributed by atoms with Crippen LogP contribution in [0.5, 0.6) is 0 Å². The minimum absolute atomic E-state index is 1.11. The van der Waals surface area contributed by atoms with Gasteiger partial charge in [-0.2, -0.15) is 0 Å². The van der Waals surface area contributed by atoms with Crippen LogP contribution in [-0.4, -0.2) is 20.6 Å². The van der Waals surface area contributed by atoms with Crippen molar-refractivity contribution in [1.82, 2.24) is 4.57 Å². The maximum atomic E-state index is 2.72. The molecule has 0 saturated carbocycles. The second-order valence-corrected chi connectivity index (χ2v) is 13.4. The van der Waals surface area contributed by atoms with E-state index in [-0.39, 0.29) is 0 Å². The fourth-order valence-electron chi connectivity index (χ4n) is 7.15. The van der Waals surface area contributed by atoms with Crippen LogP contribution in [0.3, 0.4) is 0 Å². The summed E-state index contributed by atoms with van der Waals surface area (Å²) in [7, 11) is 0. The van der Waals surface area contributed by atoms with E-state index in [9.17, 15) is 0 Å². The zero-order chi connectivity index (χ0) is 32.7. The van der Waals surface area contributed by atoms with Crippen molar-refractivity contribution in [3.8, 4) is 27.9 Å². The fourth-order valence-corrected chi connectivity index (χ4v) is 7.71. The van der Waals surface area contributed by atoms with Gasteiger partial charge >= 0.3 is 190 Å². The van der Waals surface area contributed by atoms with Crippen LogP contribution in [0.15, 0.2) is 188 Å². The molecule has 0 bridgehead atoms. The number of aromatic nitrogens is 1. The minimum atomic E-state index is 1.11. The zero-order valence-electron chi connectivity index (χ0n) is 26.7. The van der Waals surface area contributed by atoms with Gasteiger partial charge in [0.1, 0.15) is 0 Å². The van der Waals surface area contributed by atoms with E-state index in [1.807, 2.05) is 0 Å². The van der Waals surface area contributed by atoms with Gasteiger partial charge in [-0.05, 0) is 18.2 Å². The van der Waals surface area contributed by atoms with Gasteiger partial charge in [-0.3, -0.25) is 0 Å². The van der Waals surface area contributed by atoms with E-state index >= 15 is 0 Å². The van der Waals surface area contributed by atoms with Gasteiger partial charge in [-0.25, -0.2) is 0 Å². The number of hydrogen-bond donors (Lipinski definition) is 0. The molecule has 1 aromatic heterocycles. The number of benzene rings is 8. The van der Waals surface area contributed by atoms with E-state index in [0.717, 1.165) is 22.7 Å². The number of anilines is 3. The van der Waals surface area contributed by atoms with Crippen LogP contribution >= 0.6 is 0 Å². The second-order valence-electron chi connectivity index (χ2n) is 12.4. The van der Waals surface area contributed by atoms with Crippen molar-refractivity contribution < 1.29 is 0 Å². The summed E-state index contributed by atoms with van der Waals surface area (Å²) in [5.74, 6) is 0. The predicted molar refractivity (Wildman–Crippen MR) is 211 cm³/mol. The average Bonchev–Trinajstić information content (AvgIpc) is 3.50. The molecule has 0 spiro atoms. The van der Waals surface area contributed by atoms with Crippen molar-refractivity contribution in [1.29, 1.82) is 0 Å². The van der Waals surface area contributed by atoms with Gasteiger partial charge in [0.2, 0.25) is 0 Å². The van der Waals surface area contributed by atoms with E-state index in [0.29, 0.717) is 0 Å². The Morgan fingerprint density at radius 3 is 1.86 bits per heavy atom. The van der Waals surface area contributed by atoms with Gasteiger partial charge in [0.05, 0.1) is 5.52 Å². The molecule has 0 N–H and O–H groups in total. The molecule has 0 saturated heterocycles. The molecular formula is C46H32N2Se. The Morgan fingerprint density at radius 2 is 1.04 bits per heavy atom. The molecule has 0 aliphatic rings. The predicted octanol–water partition coefficient (Wildman–Crippen LogP) is 11.3. The SMILES string of the molecule is [SeH]c1ccc(-c2ccc(N(c3ccc4c5ccccc5n(-c5ccccc5)c4c3)c3cccc4ccccc34)cc2)cc1-c1ccccc1. The number of para-hydroxylation sites is 2. The number of nitrogens with zero attached hydrogens (tertiary/aromatic N) is 2. The summed E-state index contributed by atoms with van der Waals surface area (Å²) in [4.78, 5) is 2.40. The molecule has 0 atom stereocenters. The summed E-state index contributed by atoms with van der Waals surface area (Å²) < 4.78 is 3.60. The van der Waals surface area contributed by atoms with E-state index in [2.05, 4.69) is 214 Å². The van der Waals surface area contributed by atoms with Crippen molar-refractivity contribution in [2.24, 2.45) is 0 Å². The second kappa shape index (κ2) is 12.3. The molecule has 49 heavy (non-hydrogen) atoms. The van der Waals surface area contributed by atoms with Crippen LogP contribution < -0.4 is 9.36 Å². The third-order valence-corrected chi connectivity index (χ3v) is 10.3. The van der Waals surface area contributed by atoms with Crippen LogP contribution in [0.1, 0.15) is 0 Å². The summed E-state index contributed by atoms with van der Waals surface area (Å²) in [6.45, 7) is 0. The van der Waals surface area contributed by atoms with Crippen molar-refractivity contribution in [2.75, 3.05) is 4.90 Å². The van der Waals surface area contributed by atoms with E-state index < -0.39 is 0 Å². The molecule has 8 aromatic carbocycles. The summed E-state index contributed by atoms with van der Waals surface area (Å²) in [6.07, 6.45) is 0. The fraction of sp³-hybridized carbons (Fsp3) is 0. The van der Waals surface area contributed by atoms with Gasteiger partial charge in [-0.15, -0.1) is 0 Å². The summed E-state index contributed by atoms with van der Waals surface area (Å²) in [6, 6.07) is 67.9. The standard InChI is InChI=1S/C46H32N2Se/c49-46-29-24-35(30-42(46)34-12-3-1-4-13-34)32-22-25-37(26-23-32)47(43-21-11-15-33-14-7-8-18-39(33)43)38-27-28-41-40-19-9-10-20-44(40)48(45(41)31-38)36-16-5-2-6-17-36/h1-31,49H. The summed E-state index contributed by atoms with van der Waals surface area (Å²) in [5.41, 5.74) is 11.7. The van der Waals surface area contributed by atoms with Crippen LogP contribution in [0.25, 0.3) is 60.5 Å². The summed E-state index contributed by atoms with van der Waals surface area (Å²) in [5, 5.41) is 4.92. The van der Waals surface area contributed by atoms with Crippen LogP contribution in [0, 0.1) is 0 Å². The Bertz CT molecular complexity index is 2600. The number of rotatable bonds is 6. The number of hydrogen-bond acceptors (Lipinski definition) is 1. The van der Waals surface area contributed by atoms with Gasteiger partial charge in [-0.1, -0.05) is 60.7 Å². The molecule has 0 aliphatic heterocycles. The van der Waals surface area contributed by atoms with E-state index in [1.54, 1.807) is 0 Å². The van der Waals surface area contributed by atoms with Gasteiger partial charge < -0.3 is 4.57 Å². The molecule has 1 heterocycles. The molecule has 232 valence electrons. The Morgan fingerprint density at radius 1 is 0.408 bits per heavy atom. The van der Waals surface area contributed by atoms with Crippen molar-refractivity contribution in [3.63, 3.8) is 0 Å². The monoisotopic (exact) mass is 692 g/mol. The first-order chi connectivity index (χ1) is 24.2. The number of fused-ring (bicyclic) bond motifs is 4. The first-order valence-electron chi connectivity index (χ1n) is 16.6. The average molecular weight is 692 g/mol. The molecule has 0 unspecified atom stereocenters.